The fourth-order valence-electron chi connectivity index (χ4n) is 4.31. The number of methoxy groups -OCH3 is 3. The van der Waals surface area contributed by atoms with Gasteiger partial charge in [0, 0.05) is 32.0 Å². The van der Waals surface area contributed by atoms with E-state index in [1.54, 1.807) is 39.2 Å². The first-order valence-corrected chi connectivity index (χ1v) is 12.5. The molecule has 194 valence electrons. The van der Waals surface area contributed by atoms with Gasteiger partial charge in [0.05, 0.1) is 57.8 Å². The number of fused-ring (bicyclic) bond motifs is 1. The fraction of sp³-hybridized carbons (Fsp3) is 0.480. The summed E-state index contributed by atoms with van der Waals surface area (Å²) in [7, 11) is 4.70. The van der Waals surface area contributed by atoms with Crippen LogP contribution in [0.4, 0.5) is 0 Å². The second kappa shape index (κ2) is 11.8. The number of hydrogen-bond acceptors (Lipinski definition) is 10. The van der Waals surface area contributed by atoms with Crippen molar-refractivity contribution in [3.63, 3.8) is 0 Å². The van der Waals surface area contributed by atoms with Gasteiger partial charge in [-0.1, -0.05) is 11.8 Å². The van der Waals surface area contributed by atoms with Gasteiger partial charge in [-0.3, -0.25) is 4.79 Å². The zero-order chi connectivity index (χ0) is 25.7. The van der Waals surface area contributed by atoms with E-state index in [1.807, 2.05) is 22.4 Å². The number of morpholine rings is 1. The van der Waals surface area contributed by atoms with Gasteiger partial charge >= 0.3 is 5.97 Å². The molecule has 0 saturated carbocycles. The van der Waals surface area contributed by atoms with Crippen LogP contribution in [-0.2, 0) is 23.8 Å². The number of allylic oxidation sites excluding steroid dienone is 1. The quantitative estimate of drug-likeness (QED) is 0.362. The number of esters is 1. The molecule has 0 aromatic heterocycles. The molecule has 36 heavy (non-hydrogen) atoms. The van der Waals surface area contributed by atoms with E-state index in [4.69, 9.17) is 28.7 Å². The molecule has 4 rings (SSSR count). The Morgan fingerprint density at radius 1 is 1.08 bits per heavy atom. The standard InChI is InChI=1S/C25H31N3O7S/c1-16-22(24(30)35-10-9-31-2)23(17-11-19(32-3)14-20(12-17)33-4)28-18(15-36-25(28)26-16)13-21(29)27-5-7-34-8-6-27/h11-12,14-15,23H,5-10,13H2,1-4H3. The third-order valence-electron chi connectivity index (χ3n) is 6.13. The lowest BCUT2D eigenvalue weighted by Crippen LogP contribution is -2.42. The number of hydrogen-bond donors (Lipinski definition) is 0. The maximum atomic E-state index is 13.3. The Labute approximate surface area is 214 Å². The summed E-state index contributed by atoms with van der Waals surface area (Å²) < 4.78 is 26.9. The lowest BCUT2D eigenvalue weighted by molar-refractivity contribution is -0.141. The average Bonchev–Trinajstić information content (AvgIpc) is 3.29. The Kier molecular flexibility index (Phi) is 8.55. The highest BCUT2D eigenvalue weighted by atomic mass is 32.2. The van der Waals surface area contributed by atoms with Crippen molar-refractivity contribution in [2.75, 3.05) is 60.8 Å². The maximum Gasteiger partial charge on any atom is 0.338 e. The number of carbonyl (C=O) groups is 2. The van der Waals surface area contributed by atoms with Gasteiger partial charge in [0.15, 0.2) is 5.17 Å². The number of benzene rings is 1. The Morgan fingerprint density at radius 3 is 2.42 bits per heavy atom. The van der Waals surface area contributed by atoms with Crippen LogP contribution in [0.5, 0.6) is 11.5 Å². The SMILES string of the molecule is COCCOC(=O)C1=C(C)N=C2SC=C(CC(=O)N3CCOCC3)N2C1c1cc(OC)cc(OC)c1. The third-order valence-corrected chi connectivity index (χ3v) is 7.02. The molecule has 0 radical (unpaired) electrons. The minimum Gasteiger partial charge on any atom is -0.497 e. The zero-order valence-corrected chi connectivity index (χ0v) is 21.8. The van der Waals surface area contributed by atoms with Gasteiger partial charge in [0.25, 0.3) is 0 Å². The lowest BCUT2D eigenvalue weighted by atomic mass is 9.93. The molecule has 3 aliphatic heterocycles. The normalized spacial score (nSPS) is 19.5. The van der Waals surface area contributed by atoms with Crippen molar-refractivity contribution < 1.29 is 33.3 Å². The molecule has 0 spiro atoms. The molecular weight excluding hydrogens is 486 g/mol. The van der Waals surface area contributed by atoms with Crippen LogP contribution in [0.1, 0.15) is 24.9 Å². The summed E-state index contributed by atoms with van der Waals surface area (Å²) in [5.41, 5.74) is 2.45. The van der Waals surface area contributed by atoms with Crippen LogP contribution < -0.4 is 9.47 Å². The molecule has 1 amide bonds. The number of amidine groups is 1. The zero-order valence-electron chi connectivity index (χ0n) is 20.9. The minimum absolute atomic E-state index is 0.00358. The van der Waals surface area contributed by atoms with Crippen LogP contribution in [0.2, 0.25) is 0 Å². The summed E-state index contributed by atoms with van der Waals surface area (Å²) in [6.07, 6.45) is 0.175. The maximum absolute atomic E-state index is 13.3. The van der Waals surface area contributed by atoms with Gasteiger partial charge < -0.3 is 33.5 Å². The molecule has 3 heterocycles. The molecule has 11 heteroatoms. The highest BCUT2D eigenvalue weighted by molar-refractivity contribution is 8.16. The molecule has 10 nitrogen and oxygen atoms in total. The van der Waals surface area contributed by atoms with Crippen molar-refractivity contribution in [1.29, 1.82) is 0 Å². The summed E-state index contributed by atoms with van der Waals surface area (Å²) in [5, 5.41) is 2.62. The summed E-state index contributed by atoms with van der Waals surface area (Å²) in [6.45, 7) is 4.37. The van der Waals surface area contributed by atoms with Gasteiger partial charge in [-0.05, 0) is 30.0 Å². The van der Waals surface area contributed by atoms with Crippen LogP contribution in [-0.4, -0.2) is 87.7 Å². The fourth-order valence-corrected chi connectivity index (χ4v) is 5.27. The Morgan fingerprint density at radius 2 is 1.78 bits per heavy atom. The van der Waals surface area contributed by atoms with Crippen molar-refractivity contribution in [3.05, 3.63) is 46.1 Å². The number of ether oxygens (including phenoxy) is 5. The van der Waals surface area contributed by atoms with Crippen LogP contribution in [0.3, 0.4) is 0 Å². The molecule has 3 aliphatic rings. The summed E-state index contributed by atoms with van der Waals surface area (Å²) in [5.74, 6) is 0.679. The first-order chi connectivity index (χ1) is 17.5. The Bertz CT molecular complexity index is 1070. The molecular formula is C25H31N3O7S. The van der Waals surface area contributed by atoms with Crippen LogP contribution in [0, 0.1) is 0 Å². The van der Waals surface area contributed by atoms with Crippen LogP contribution in [0.15, 0.2) is 45.6 Å². The first-order valence-electron chi connectivity index (χ1n) is 11.7. The van der Waals surface area contributed by atoms with E-state index >= 15 is 0 Å². The van der Waals surface area contributed by atoms with E-state index in [1.165, 1.54) is 11.8 Å². The molecule has 1 aromatic rings. The summed E-state index contributed by atoms with van der Waals surface area (Å²) in [6, 6.07) is 4.90. The number of aliphatic imine (C=N–C) groups is 1. The van der Waals surface area contributed by atoms with Gasteiger partial charge in [-0.25, -0.2) is 9.79 Å². The topological polar surface area (TPSA) is 99.1 Å². The molecule has 0 bridgehead atoms. The van der Waals surface area contributed by atoms with Crippen molar-refractivity contribution in [3.8, 4) is 11.5 Å². The van der Waals surface area contributed by atoms with E-state index in [9.17, 15) is 9.59 Å². The number of thioether (sulfide) groups is 1. The highest BCUT2D eigenvalue weighted by Gasteiger charge is 2.42. The molecule has 1 fully saturated rings. The van der Waals surface area contributed by atoms with Crippen LogP contribution in [0.25, 0.3) is 0 Å². The molecule has 1 aromatic carbocycles. The van der Waals surface area contributed by atoms with Gasteiger partial charge in [-0.2, -0.15) is 0 Å². The van der Waals surface area contributed by atoms with Crippen molar-refractivity contribution in [2.24, 2.45) is 4.99 Å². The number of rotatable bonds is 9. The second-order valence-electron chi connectivity index (χ2n) is 8.34. The van der Waals surface area contributed by atoms with Crippen LogP contribution >= 0.6 is 11.8 Å². The average molecular weight is 518 g/mol. The predicted molar refractivity (Wildman–Crippen MR) is 135 cm³/mol. The second-order valence-corrected chi connectivity index (χ2v) is 9.17. The first kappa shape index (κ1) is 26.1. The molecule has 1 saturated heterocycles. The third kappa shape index (κ3) is 5.53. The van der Waals surface area contributed by atoms with Crippen molar-refractivity contribution in [2.45, 2.75) is 19.4 Å². The molecule has 1 unspecified atom stereocenters. The molecule has 1 atom stereocenters. The Balaban J connectivity index is 1.72. The summed E-state index contributed by atoms with van der Waals surface area (Å²) in [4.78, 5) is 34.9. The number of nitrogens with zero attached hydrogens (tertiary/aromatic N) is 3. The lowest BCUT2D eigenvalue weighted by Gasteiger charge is -2.37. The van der Waals surface area contributed by atoms with Crippen molar-refractivity contribution in [1.82, 2.24) is 9.80 Å². The van der Waals surface area contributed by atoms with E-state index in [0.29, 0.717) is 54.2 Å². The molecule has 0 aliphatic carbocycles. The monoisotopic (exact) mass is 517 g/mol. The Hall–Kier alpha value is -3.02. The largest absolute Gasteiger partial charge is 0.497 e. The van der Waals surface area contributed by atoms with E-state index in [-0.39, 0.29) is 25.5 Å². The summed E-state index contributed by atoms with van der Waals surface area (Å²) >= 11 is 1.43. The minimum atomic E-state index is -0.588. The van der Waals surface area contributed by atoms with Crippen molar-refractivity contribution >= 4 is 28.8 Å². The van der Waals surface area contributed by atoms with E-state index in [0.717, 1.165) is 11.3 Å². The van der Waals surface area contributed by atoms with E-state index in [2.05, 4.69) is 0 Å². The smallest absolute Gasteiger partial charge is 0.338 e. The van der Waals surface area contributed by atoms with Gasteiger partial charge in [-0.15, -0.1) is 0 Å². The number of carbonyl (C=O) groups excluding carboxylic acids is 2. The highest BCUT2D eigenvalue weighted by Crippen LogP contribution is 2.46. The van der Waals surface area contributed by atoms with Gasteiger partial charge in [0.1, 0.15) is 18.1 Å². The van der Waals surface area contributed by atoms with Gasteiger partial charge in [0.2, 0.25) is 5.91 Å². The number of amides is 1. The molecule has 0 N–H and O–H groups in total. The predicted octanol–water partition coefficient (Wildman–Crippen LogP) is 2.72. The van der Waals surface area contributed by atoms with E-state index < -0.39 is 12.0 Å².